The third-order valence-corrected chi connectivity index (χ3v) is 8.18. The van der Waals surface area contributed by atoms with Gasteiger partial charge in [-0.3, -0.25) is 9.59 Å². The summed E-state index contributed by atoms with van der Waals surface area (Å²) in [4.78, 5) is 28.7. The molecule has 0 bridgehead atoms. The number of carbonyl (C=O) groups excluding carboxylic acids is 2. The molecule has 4 aromatic carbocycles. The zero-order valence-corrected chi connectivity index (χ0v) is 22.3. The molecule has 0 radical (unpaired) electrons. The van der Waals surface area contributed by atoms with Crippen molar-refractivity contribution in [2.45, 2.75) is 33.3 Å². The van der Waals surface area contributed by atoms with E-state index in [-0.39, 0.29) is 17.9 Å². The Bertz CT molecular complexity index is 1260. The van der Waals surface area contributed by atoms with Crippen LogP contribution in [-0.2, 0) is 9.59 Å². The smallest absolute Gasteiger partial charge is 0.238 e. The zero-order chi connectivity index (χ0) is 25.9. The molecule has 2 amide bonds. The molecule has 0 unspecified atom stereocenters. The van der Waals surface area contributed by atoms with E-state index in [9.17, 15) is 9.59 Å². The third-order valence-electron chi connectivity index (χ3n) is 5.65. The summed E-state index contributed by atoms with van der Waals surface area (Å²) in [6, 6.07) is 39.1. The van der Waals surface area contributed by atoms with Gasteiger partial charge in [0.2, 0.25) is 11.8 Å². The molecule has 0 heterocycles. The van der Waals surface area contributed by atoms with E-state index in [0.717, 1.165) is 20.9 Å². The number of thioether (sulfide) groups is 2. The van der Waals surface area contributed by atoms with Crippen molar-refractivity contribution in [1.82, 2.24) is 10.6 Å². The highest BCUT2D eigenvalue weighted by Crippen LogP contribution is 2.36. The van der Waals surface area contributed by atoms with Gasteiger partial charge in [0, 0.05) is 22.4 Å². The van der Waals surface area contributed by atoms with Crippen molar-refractivity contribution in [3.63, 3.8) is 0 Å². The van der Waals surface area contributed by atoms with E-state index in [1.54, 1.807) is 0 Å². The molecule has 0 aromatic heterocycles. The topological polar surface area (TPSA) is 58.2 Å². The largest absolute Gasteiger partial charge is 0.353 e. The molecular formula is C31H30N2O2S2. The molecule has 0 aliphatic heterocycles. The lowest BCUT2D eigenvalue weighted by atomic mass is 10.1. The minimum absolute atomic E-state index is 0.0833. The van der Waals surface area contributed by atoms with E-state index >= 15 is 0 Å². The van der Waals surface area contributed by atoms with Gasteiger partial charge in [0.05, 0.1) is 0 Å². The van der Waals surface area contributed by atoms with Crippen molar-refractivity contribution in [2.24, 2.45) is 0 Å². The van der Waals surface area contributed by atoms with Crippen molar-refractivity contribution in [2.75, 3.05) is 6.54 Å². The van der Waals surface area contributed by atoms with Crippen molar-refractivity contribution in [1.29, 1.82) is 0 Å². The fraction of sp³-hybridized carbons (Fsp3) is 0.161. The van der Waals surface area contributed by atoms with E-state index in [1.807, 2.05) is 128 Å². The van der Waals surface area contributed by atoms with Crippen LogP contribution >= 0.6 is 23.5 Å². The Hall–Kier alpha value is -3.48. The highest BCUT2D eigenvalue weighted by atomic mass is 32.2. The summed E-state index contributed by atoms with van der Waals surface area (Å²) in [5.74, 6) is -0.167. The first-order valence-corrected chi connectivity index (χ1v) is 14.0. The fourth-order valence-corrected chi connectivity index (χ4v) is 5.91. The van der Waals surface area contributed by atoms with Crippen LogP contribution in [-0.4, -0.2) is 24.4 Å². The number of hydrogen-bond donors (Lipinski definition) is 2. The van der Waals surface area contributed by atoms with Crippen LogP contribution in [0.1, 0.15) is 28.6 Å². The average Bonchev–Trinajstić information content (AvgIpc) is 2.95. The Labute approximate surface area is 227 Å². The fourth-order valence-electron chi connectivity index (χ4n) is 3.79. The van der Waals surface area contributed by atoms with E-state index < -0.39 is 10.5 Å². The van der Waals surface area contributed by atoms with Gasteiger partial charge in [0.15, 0.2) is 0 Å². The number of amides is 2. The van der Waals surface area contributed by atoms with E-state index in [0.29, 0.717) is 6.54 Å². The molecule has 3 atom stereocenters. The molecule has 2 N–H and O–H groups in total. The molecule has 4 rings (SSSR count). The molecule has 0 saturated carbocycles. The monoisotopic (exact) mass is 526 g/mol. The maximum atomic E-state index is 13.4. The Balaban J connectivity index is 1.40. The van der Waals surface area contributed by atoms with Crippen LogP contribution in [0.5, 0.6) is 0 Å². The van der Waals surface area contributed by atoms with Gasteiger partial charge in [-0.2, -0.15) is 0 Å². The highest BCUT2D eigenvalue weighted by Gasteiger charge is 2.25. The SMILES string of the molecule is C[C@H](CNC(=O)[C@@H](Sc1ccccc1)c1ccccc1)NC(=O)[C@@H](Sc1ccccc1)c1ccccc1. The lowest BCUT2D eigenvalue weighted by Gasteiger charge is -2.22. The maximum absolute atomic E-state index is 13.4. The first kappa shape index (κ1) is 26.6. The third kappa shape index (κ3) is 8.00. The van der Waals surface area contributed by atoms with E-state index in [1.165, 1.54) is 23.5 Å². The Morgan fingerprint density at radius 2 is 0.973 bits per heavy atom. The van der Waals surface area contributed by atoms with Crippen LogP contribution in [0.3, 0.4) is 0 Å². The normalized spacial score (nSPS) is 13.2. The van der Waals surface area contributed by atoms with Crippen LogP contribution in [0.2, 0.25) is 0 Å². The van der Waals surface area contributed by atoms with E-state index in [4.69, 9.17) is 0 Å². The van der Waals surface area contributed by atoms with Crippen LogP contribution in [0.15, 0.2) is 131 Å². The predicted molar refractivity (Wildman–Crippen MR) is 154 cm³/mol. The number of benzene rings is 4. The molecule has 0 saturated heterocycles. The molecule has 0 aliphatic rings. The average molecular weight is 527 g/mol. The number of carbonyl (C=O) groups is 2. The minimum Gasteiger partial charge on any atom is -0.353 e. The van der Waals surface area contributed by atoms with E-state index in [2.05, 4.69) is 10.6 Å². The maximum Gasteiger partial charge on any atom is 0.238 e. The minimum atomic E-state index is -0.396. The summed E-state index contributed by atoms with van der Waals surface area (Å²) in [7, 11) is 0. The molecule has 0 aliphatic carbocycles. The van der Waals surface area contributed by atoms with Gasteiger partial charge in [-0.15, -0.1) is 23.5 Å². The summed E-state index contributed by atoms with van der Waals surface area (Å²) < 4.78 is 0. The van der Waals surface area contributed by atoms with Gasteiger partial charge in [0.1, 0.15) is 10.5 Å². The molecule has 0 spiro atoms. The first-order valence-electron chi connectivity index (χ1n) is 12.2. The van der Waals surface area contributed by atoms with Crippen LogP contribution in [0.25, 0.3) is 0 Å². The summed E-state index contributed by atoms with van der Waals surface area (Å²) in [6.45, 7) is 2.25. The van der Waals surface area contributed by atoms with Crippen molar-refractivity contribution in [3.8, 4) is 0 Å². The van der Waals surface area contributed by atoms with Gasteiger partial charge < -0.3 is 10.6 Å². The second kappa shape index (κ2) is 13.7. The molecule has 37 heavy (non-hydrogen) atoms. The summed E-state index contributed by atoms with van der Waals surface area (Å²) in [6.07, 6.45) is 0. The zero-order valence-electron chi connectivity index (χ0n) is 20.6. The summed E-state index contributed by atoms with van der Waals surface area (Å²) >= 11 is 3.03. The van der Waals surface area contributed by atoms with Crippen LogP contribution in [0, 0.1) is 0 Å². The van der Waals surface area contributed by atoms with Crippen molar-refractivity contribution < 1.29 is 9.59 Å². The first-order chi connectivity index (χ1) is 18.1. The molecular weight excluding hydrogens is 496 g/mol. The molecule has 4 aromatic rings. The lowest BCUT2D eigenvalue weighted by molar-refractivity contribution is -0.123. The Morgan fingerprint density at radius 1 is 0.595 bits per heavy atom. The van der Waals surface area contributed by atoms with Crippen LogP contribution < -0.4 is 10.6 Å². The molecule has 4 nitrogen and oxygen atoms in total. The number of rotatable bonds is 11. The number of hydrogen-bond acceptors (Lipinski definition) is 4. The van der Waals surface area contributed by atoms with Crippen molar-refractivity contribution in [3.05, 3.63) is 132 Å². The highest BCUT2D eigenvalue weighted by molar-refractivity contribution is 8.00. The quantitative estimate of drug-likeness (QED) is 0.214. The Morgan fingerprint density at radius 3 is 1.41 bits per heavy atom. The van der Waals surface area contributed by atoms with Gasteiger partial charge in [0.25, 0.3) is 0 Å². The van der Waals surface area contributed by atoms with Gasteiger partial charge >= 0.3 is 0 Å². The predicted octanol–water partition coefficient (Wildman–Crippen LogP) is 6.67. The molecule has 0 fully saturated rings. The lowest BCUT2D eigenvalue weighted by Crippen LogP contribution is -2.44. The second-order valence-corrected chi connectivity index (χ2v) is 11.0. The Kier molecular flexibility index (Phi) is 9.86. The van der Waals surface area contributed by atoms with Crippen molar-refractivity contribution >= 4 is 35.3 Å². The molecule has 6 heteroatoms. The van der Waals surface area contributed by atoms with Gasteiger partial charge in [-0.25, -0.2) is 0 Å². The van der Waals surface area contributed by atoms with Gasteiger partial charge in [-0.05, 0) is 42.3 Å². The second-order valence-electron chi connectivity index (χ2n) is 8.60. The molecule has 188 valence electrons. The summed E-state index contributed by atoms with van der Waals surface area (Å²) in [5.41, 5.74) is 1.88. The van der Waals surface area contributed by atoms with Crippen LogP contribution in [0.4, 0.5) is 0 Å². The van der Waals surface area contributed by atoms with Gasteiger partial charge in [-0.1, -0.05) is 97.1 Å². The summed E-state index contributed by atoms with van der Waals surface area (Å²) in [5, 5.41) is 5.37. The number of nitrogens with one attached hydrogen (secondary N) is 2. The standard InChI is InChI=1S/C31H30N2O2S2/c1-23(33-31(35)29(25-16-8-3-9-17-25)37-27-20-12-5-13-21-27)22-32-30(34)28(24-14-6-2-7-15-24)36-26-18-10-4-11-19-26/h2-21,23,28-29H,22H2,1H3,(H,32,34)(H,33,35)/t23-,28+,29+/m1/s1.